The predicted octanol–water partition coefficient (Wildman–Crippen LogP) is 4.84. The first-order valence-electron chi connectivity index (χ1n) is 7.06. The molecular weight excluding hydrogens is 296 g/mol. The lowest BCUT2D eigenvalue weighted by Gasteiger charge is -2.15. The Balaban J connectivity index is 2.05. The van der Waals surface area contributed by atoms with Gasteiger partial charge in [-0.05, 0) is 50.4 Å². The van der Waals surface area contributed by atoms with E-state index in [4.69, 9.17) is 4.74 Å². The van der Waals surface area contributed by atoms with Crippen molar-refractivity contribution in [1.29, 1.82) is 0 Å². The van der Waals surface area contributed by atoms with Gasteiger partial charge in [-0.2, -0.15) is 0 Å². The Morgan fingerprint density at radius 2 is 1.86 bits per heavy atom. The van der Waals surface area contributed by atoms with E-state index in [9.17, 15) is 4.79 Å². The number of rotatable bonds is 5. The summed E-state index contributed by atoms with van der Waals surface area (Å²) in [5, 5.41) is 5.65. The van der Waals surface area contributed by atoms with E-state index in [1.807, 2.05) is 68.6 Å². The SMILES string of the molecule is CSc1cccc(NC(=O)Nc2ccccc2OC(C)C)c1. The van der Waals surface area contributed by atoms with Crippen LogP contribution in [-0.2, 0) is 0 Å². The van der Waals surface area contributed by atoms with Crippen molar-refractivity contribution in [2.75, 3.05) is 16.9 Å². The number of amides is 2. The molecule has 2 aromatic carbocycles. The highest BCUT2D eigenvalue weighted by Gasteiger charge is 2.09. The van der Waals surface area contributed by atoms with Crippen LogP contribution in [-0.4, -0.2) is 18.4 Å². The first kappa shape index (κ1) is 16.2. The van der Waals surface area contributed by atoms with Crippen molar-refractivity contribution < 1.29 is 9.53 Å². The number of ether oxygens (including phenoxy) is 1. The van der Waals surface area contributed by atoms with Crippen LogP contribution in [0.15, 0.2) is 53.4 Å². The van der Waals surface area contributed by atoms with Crippen LogP contribution < -0.4 is 15.4 Å². The van der Waals surface area contributed by atoms with E-state index in [0.29, 0.717) is 11.4 Å². The quantitative estimate of drug-likeness (QED) is 0.776. The van der Waals surface area contributed by atoms with Crippen molar-refractivity contribution >= 4 is 29.2 Å². The van der Waals surface area contributed by atoms with Crippen LogP contribution in [0.5, 0.6) is 5.75 Å². The van der Waals surface area contributed by atoms with Gasteiger partial charge < -0.3 is 15.4 Å². The summed E-state index contributed by atoms with van der Waals surface area (Å²) in [6.07, 6.45) is 2.04. The topological polar surface area (TPSA) is 50.4 Å². The van der Waals surface area contributed by atoms with Gasteiger partial charge in [0.05, 0.1) is 11.8 Å². The van der Waals surface area contributed by atoms with E-state index in [-0.39, 0.29) is 12.1 Å². The van der Waals surface area contributed by atoms with Crippen LogP contribution in [0.4, 0.5) is 16.2 Å². The Morgan fingerprint density at radius 1 is 1.09 bits per heavy atom. The van der Waals surface area contributed by atoms with Crippen LogP contribution in [0.25, 0.3) is 0 Å². The summed E-state index contributed by atoms with van der Waals surface area (Å²) in [4.78, 5) is 13.2. The van der Waals surface area contributed by atoms with Gasteiger partial charge in [-0.15, -0.1) is 11.8 Å². The van der Waals surface area contributed by atoms with Crippen molar-refractivity contribution in [3.8, 4) is 5.75 Å². The van der Waals surface area contributed by atoms with Crippen molar-refractivity contribution in [3.63, 3.8) is 0 Å². The second-order valence-corrected chi connectivity index (χ2v) is 5.85. The average molecular weight is 316 g/mol. The molecule has 0 bridgehead atoms. The summed E-state index contributed by atoms with van der Waals surface area (Å²) in [7, 11) is 0. The number of hydrogen-bond acceptors (Lipinski definition) is 3. The highest BCUT2D eigenvalue weighted by Crippen LogP contribution is 2.25. The molecule has 0 aliphatic rings. The smallest absolute Gasteiger partial charge is 0.323 e. The van der Waals surface area contributed by atoms with Gasteiger partial charge in [-0.25, -0.2) is 4.79 Å². The van der Waals surface area contributed by atoms with Crippen LogP contribution >= 0.6 is 11.8 Å². The molecule has 4 nitrogen and oxygen atoms in total. The van der Waals surface area contributed by atoms with Gasteiger partial charge in [-0.1, -0.05) is 18.2 Å². The largest absolute Gasteiger partial charge is 0.489 e. The second-order valence-electron chi connectivity index (χ2n) is 4.97. The van der Waals surface area contributed by atoms with Gasteiger partial charge in [0.25, 0.3) is 0 Å². The lowest BCUT2D eigenvalue weighted by Crippen LogP contribution is -2.20. The lowest BCUT2D eigenvalue weighted by atomic mass is 10.3. The van der Waals surface area contributed by atoms with Gasteiger partial charge in [0.15, 0.2) is 0 Å². The molecule has 0 spiro atoms. The van der Waals surface area contributed by atoms with Gasteiger partial charge in [0.2, 0.25) is 0 Å². The third kappa shape index (κ3) is 4.70. The molecule has 2 amide bonds. The molecule has 116 valence electrons. The van der Waals surface area contributed by atoms with Gasteiger partial charge in [0, 0.05) is 10.6 Å². The minimum absolute atomic E-state index is 0.0456. The molecular formula is C17H20N2O2S. The zero-order chi connectivity index (χ0) is 15.9. The van der Waals surface area contributed by atoms with Crippen LogP contribution in [0, 0.1) is 0 Å². The molecule has 2 aromatic rings. The molecule has 0 saturated heterocycles. The number of anilines is 2. The van der Waals surface area contributed by atoms with Crippen LogP contribution in [0.1, 0.15) is 13.8 Å². The average Bonchev–Trinajstić information content (AvgIpc) is 2.49. The molecule has 5 heteroatoms. The Kier molecular flexibility index (Phi) is 5.72. The fourth-order valence-corrected chi connectivity index (χ4v) is 2.37. The van der Waals surface area contributed by atoms with Crippen LogP contribution in [0.2, 0.25) is 0 Å². The number of hydrogen-bond donors (Lipinski definition) is 2. The Labute approximate surface area is 135 Å². The molecule has 0 fully saturated rings. The zero-order valence-electron chi connectivity index (χ0n) is 12.9. The molecule has 22 heavy (non-hydrogen) atoms. The molecule has 0 aromatic heterocycles. The molecule has 0 unspecified atom stereocenters. The van der Waals surface area contributed by atoms with Crippen molar-refractivity contribution in [2.24, 2.45) is 0 Å². The van der Waals surface area contributed by atoms with E-state index in [0.717, 1.165) is 10.6 Å². The number of para-hydroxylation sites is 2. The van der Waals surface area contributed by atoms with Crippen molar-refractivity contribution in [1.82, 2.24) is 0 Å². The minimum Gasteiger partial charge on any atom is -0.489 e. The fourth-order valence-electron chi connectivity index (χ4n) is 1.91. The molecule has 0 saturated carbocycles. The Bertz CT molecular complexity index is 644. The second kappa shape index (κ2) is 7.75. The van der Waals surface area contributed by atoms with E-state index in [2.05, 4.69) is 10.6 Å². The summed E-state index contributed by atoms with van der Waals surface area (Å²) in [6.45, 7) is 3.90. The summed E-state index contributed by atoms with van der Waals surface area (Å²) < 4.78 is 5.69. The predicted molar refractivity (Wildman–Crippen MR) is 93.1 cm³/mol. The first-order chi connectivity index (χ1) is 10.6. The molecule has 0 aliphatic heterocycles. The Hall–Kier alpha value is -2.14. The Morgan fingerprint density at radius 3 is 2.59 bits per heavy atom. The maximum Gasteiger partial charge on any atom is 0.323 e. The van der Waals surface area contributed by atoms with Crippen molar-refractivity contribution in [3.05, 3.63) is 48.5 Å². The fraction of sp³-hybridized carbons (Fsp3) is 0.235. The highest BCUT2D eigenvalue weighted by atomic mass is 32.2. The van der Waals surface area contributed by atoms with Gasteiger partial charge >= 0.3 is 6.03 Å². The summed E-state index contributed by atoms with van der Waals surface area (Å²) in [6, 6.07) is 14.8. The van der Waals surface area contributed by atoms with Crippen LogP contribution in [0.3, 0.4) is 0 Å². The maximum atomic E-state index is 12.1. The molecule has 0 atom stereocenters. The molecule has 2 rings (SSSR count). The molecule has 0 heterocycles. The van der Waals surface area contributed by atoms with E-state index >= 15 is 0 Å². The summed E-state index contributed by atoms with van der Waals surface area (Å²) >= 11 is 1.63. The molecule has 0 radical (unpaired) electrons. The number of nitrogens with one attached hydrogen (secondary N) is 2. The summed E-state index contributed by atoms with van der Waals surface area (Å²) in [5.74, 6) is 0.658. The third-order valence-corrected chi connectivity index (χ3v) is 3.55. The lowest BCUT2D eigenvalue weighted by molar-refractivity contribution is 0.243. The van der Waals surface area contributed by atoms with E-state index in [1.54, 1.807) is 11.8 Å². The maximum absolute atomic E-state index is 12.1. The van der Waals surface area contributed by atoms with Crippen molar-refractivity contribution in [2.45, 2.75) is 24.8 Å². The van der Waals surface area contributed by atoms with E-state index in [1.165, 1.54) is 0 Å². The normalized spacial score (nSPS) is 10.4. The molecule has 2 N–H and O–H groups in total. The first-order valence-corrected chi connectivity index (χ1v) is 8.28. The van der Waals surface area contributed by atoms with E-state index < -0.39 is 0 Å². The van der Waals surface area contributed by atoms with Gasteiger partial charge in [-0.3, -0.25) is 0 Å². The number of carbonyl (C=O) groups is 1. The highest BCUT2D eigenvalue weighted by molar-refractivity contribution is 7.98. The van der Waals surface area contributed by atoms with Gasteiger partial charge in [0.1, 0.15) is 5.75 Å². The monoisotopic (exact) mass is 316 g/mol. The summed E-state index contributed by atoms with van der Waals surface area (Å²) in [5.41, 5.74) is 1.40. The standard InChI is InChI=1S/C17H20N2O2S/c1-12(2)21-16-10-5-4-9-15(16)19-17(20)18-13-7-6-8-14(11-13)22-3/h4-12H,1-3H3,(H2,18,19,20). The third-order valence-electron chi connectivity index (χ3n) is 2.83. The number of urea groups is 1. The minimum atomic E-state index is -0.293. The number of carbonyl (C=O) groups excluding carboxylic acids is 1. The zero-order valence-corrected chi connectivity index (χ0v) is 13.7. The number of benzene rings is 2. The number of thioether (sulfide) groups is 1. The molecule has 0 aliphatic carbocycles.